The first kappa shape index (κ1) is 11.9. The van der Waals surface area contributed by atoms with Gasteiger partial charge in [-0.2, -0.15) is 0 Å². The molecule has 2 N–H and O–H groups in total. The van der Waals surface area contributed by atoms with Gasteiger partial charge in [0.1, 0.15) is 0 Å². The lowest BCUT2D eigenvalue weighted by Gasteiger charge is -2.24. The fourth-order valence-electron chi connectivity index (χ4n) is 3.02. The second-order valence-corrected chi connectivity index (χ2v) is 5.44. The van der Waals surface area contributed by atoms with Gasteiger partial charge in [0.2, 0.25) is 5.91 Å². The maximum atomic E-state index is 12.1. The Labute approximate surface area is 98.4 Å². The van der Waals surface area contributed by atoms with Crippen molar-refractivity contribution in [2.24, 2.45) is 17.6 Å². The molecule has 0 spiro atoms. The highest BCUT2D eigenvalue weighted by molar-refractivity contribution is 5.76. The third-order valence-corrected chi connectivity index (χ3v) is 4.16. The van der Waals surface area contributed by atoms with Crippen LogP contribution in [0.5, 0.6) is 0 Å². The summed E-state index contributed by atoms with van der Waals surface area (Å²) < 4.78 is 0. The van der Waals surface area contributed by atoms with E-state index in [9.17, 15) is 4.79 Å². The van der Waals surface area contributed by atoms with Gasteiger partial charge in [-0.25, -0.2) is 0 Å². The van der Waals surface area contributed by atoms with E-state index in [0.717, 1.165) is 32.5 Å². The number of hydrogen-bond acceptors (Lipinski definition) is 2. The zero-order chi connectivity index (χ0) is 11.4. The second-order valence-electron chi connectivity index (χ2n) is 5.44. The molecular weight excluding hydrogens is 200 g/mol. The molecule has 3 nitrogen and oxygen atoms in total. The molecule has 1 aliphatic heterocycles. The number of carbonyl (C=O) groups excluding carboxylic acids is 1. The van der Waals surface area contributed by atoms with Crippen molar-refractivity contribution in [3.8, 4) is 0 Å². The van der Waals surface area contributed by atoms with Gasteiger partial charge < -0.3 is 10.6 Å². The molecule has 16 heavy (non-hydrogen) atoms. The summed E-state index contributed by atoms with van der Waals surface area (Å²) in [5.74, 6) is 1.59. The average molecular weight is 224 g/mol. The van der Waals surface area contributed by atoms with Crippen LogP contribution in [0.25, 0.3) is 0 Å². The summed E-state index contributed by atoms with van der Waals surface area (Å²) in [6, 6.07) is 0. The molecule has 2 fully saturated rings. The predicted octanol–water partition coefficient (Wildman–Crippen LogP) is 1.76. The van der Waals surface area contributed by atoms with Crippen LogP contribution >= 0.6 is 0 Å². The molecular formula is C13H24N2O. The molecule has 2 aliphatic rings. The van der Waals surface area contributed by atoms with Crippen LogP contribution in [0.15, 0.2) is 0 Å². The summed E-state index contributed by atoms with van der Waals surface area (Å²) in [6.45, 7) is 2.57. The van der Waals surface area contributed by atoms with Crippen molar-refractivity contribution in [1.29, 1.82) is 0 Å². The van der Waals surface area contributed by atoms with E-state index in [0.29, 0.717) is 17.7 Å². The topological polar surface area (TPSA) is 46.3 Å². The van der Waals surface area contributed by atoms with E-state index < -0.39 is 0 Å². The monoisotopic (exact) mass is 224 g/mol. The number of likely N-dealkylation sites (tertiary alicyclic amines) is 1. The van der Waals surface area contributed by atoms with Crippen LogP contribution in [-0.2, 0) is 4.79 Å². The number of amides is 1. The number of rotatable bonds is 3. The van der Waals surface area contributed by atoms with E-state index in [-0.39, 0.29) is 0 Å². The number of nitrogens with zero attached hydrogens (tertiary/aromatic N) is 1. The summed E-state index contributed by atoms with van der Waals surface area (Å²) >= 11 is 0. The minimum atomic E-state index is 0.378. The van der Waals surface area contributed by atoms with E-state index in [2.05, 4.69) is 0 Å². The van der Waals surface area contributed by atoms with Crippen LogP contribution in [0.1, 0.15) is 44.9 Å². The highest BCUT2D eigenvalue weighted by Gasteiger charge is 2.27. The highest BCUT2D eigenvalue weighted by Crippen LogP contribution is 2.27. The van der Waals surface area contributed by atoms with E-state index in [1.165, 1.54) is 32.1 Å². The molecule has 1 unspecified atom stereocenters. The smallest absolute Gasteiger partial charge is 0.222 e. The van der Waals surface area contributed by atoms with Gasteiger partial charge in [0, 0.05) is 19.5 Å². The fraction of sp³-hybridized carbons (Fsp3) is 0.923. The average Bonchev–Trinajstić information content (AvgIpc) is 2.79. The van der Waals surface area contributed by atoms with Gasteiger partial charge in [-0.3, -0.25) is 4.79 Å². The zero-order valence-electron chi connectivity index (χ0n) is 10.2. The Morgan fingerprint density at radius 3 is 2.50 bits per heavy atom. The maximum absolute atomic E-state index is 12.1. The molecule has 0 aromatic carbocycles. The molecule has 1 aliphatic carbocycles. The Bertz CT molecular complexity index is 236. The van der Waals surface area contributed by atoms with Gasteiger partial charge in [0.15, 0.2) is 0 Å². The minimum absolute atomic E-state index is 0.378. The van der Waals surface area contributed by atoms with Crippen molar-refractivity contribution in [2.75, 3.05) is 19.6 Å². The van der Waals surface area contributed by atoms with Gasteiger partial charge in [-0.15, -0.1) is 0 Å². The van der Waals surface area contributed by atoms with E-state index in [1.807, 2.05) is 4.90 Å². The lowest BCUT2D eigenvalue weighted by atomic mass is 9.87. The molecule has 1 saturated carbocycles. The number of nitrogens with two attached hydrogens (primary N) is 1. The predicted molar refractivity (Wildman–Crippen MR) is 64.9 cm³/mol. The molecule has 0 aromatic rings. The minimum Gasteiger partial charge on any atom is -0.342 e. The van der Waals surface area contributed by atoms with Crippen molar-refractivity contribution in [2.45, 2.75) is 44.9 Å². The SMILES string of the molecule is NCC1CCN(C(=O)CC2CCCCC2)C1. The summed E-state index contributed by atoms with van der Waals surface area (Å²) in [5, 5.41) is 0. The van der Waals surface area contributed by atoms with Gasteiger partial charge in [0.25, 0.3) is 0 Å². The molecule has 2 rings (SSSR count). The number of hydrogen-bond donors (Lipinski definition) is 1. The Hall–Kier alpha value is -0.570. The van der Waals surface area contributed by atoms with Crippen LogP contribution in [0.3, 0.4) is 0 Å². The van der Waals surface area contributed by atoms with E-state index in [4.69, 9.17) is 5.73 Å². The molecule has 0 aromatic heterocycles. The largest absolute Gasteiger partial charge is 0.342 e. The summed E-state index contributed by atoms with van der Waals surface area (Å²) in [5.41, 5.74) is 5.64. The standard InChI is InChI=1S/C13H24N2O/c14-9-12-6-7-15(10-12)13(16)8-11-4-2-1-3-5-11/h11-12H,1-10,14H2. The second kappa shape index (κ2) is 5.67. The van der Waals surface area contributed by atoms with E-state index in [1.54, 1.807) is 0 Å². The van der Waals surface area contributed by atoms with Gasteiger partial charge >= 0.3 is 0 Å². The molecule has 1 heterocycles. The Balaban J connectivity index is 1.75. The van der Waals surface area contributed by atoms with Crippen LogP contribution in [0.4, 0.5) is 0 Å². The van der Waals surface area contributed by atoms with Crippen molar-refractivity contribution in [1.82, 2.24) is 4.90 Å². The zero-order valence-corrected chi connectivity index (χ0v) is 10.2. The Kier molecular flexibility index (Phi) is 4.22. The lowest BCUT2D eigenvalue weighted by molar-refractivity contribution is -0.131. The molecule has 0 bridgehead atoms. The molecule has 1 atom stereocenters. The van der Waals surface area contributed by atoms with Gasteiger partial charge in [0.05, 0.1) is 0 Å². The maximum Gasteiger partial charge on any atom is 0.222 e. The summed E-state index contributed by atoms with van der Waals surface area (Å²) in [4.78, 5) is 14.1. The van der Waals surface area contributed by atoms with Crippen LogP contribution in [-0.4, -0.2) is 30.4 Å². The first-order chi connectivity index (χ1) is 7.79. The van der Waals surface area contributed by atoms with Gasteiger partial charge in [-0.05, 0) is 37.6 Å². The molecule has 3 heteroatoms. The highest BCUT2D eigenvalue weighted by atomic mass is 16.2. The summed E-state index contributed by atoms with van der Waals surface area (Å²) in [7, 11) is 0. The molecule has 1 saturated heterocycles. The molecule has 1 amide bonds. The van der Waals surface area contributed by atoms with Crippen molar-refractivity contribution >= 4 is 5.91 Å². The first-order valence-electron chi connectivity index (χ1n) is 6.77. The third-order valence-electron chi connectivity index (χ3n) is 4.16. The molecule has 0 radical (unpaired) electrons. The Morgan fingerprint density at radius 2 is 1.88 bits per heavy atom. The van der Waals surface area contributed by atoms with Crippen molar-refractivity contribution < 1.29 is 4.79 Å². The van der Waals surface area contributed by atoms with Crippen LogP contribution in [0.2, 0.25) is 0 Å². The quantitative estimate of drug-likeness (QED) is 0.794. The lowest BCUT2D eigenvalue weighted by Crippen LogP contribution is -2.31. The Morgan fingerprint density at radius 1 is 1.12 bits per heavy atom. The third kappa shape index (κ3) is 2.97. The fourth-order valence-corrected chi connectivity index (χ4v) is 3.02. The van der Waals surface area contributed by atoms with Crippen molar-refractivity contribution in [3.05, 3.63) is 0 Å². The van der Waals surface area contributed by atoms with Gasteiger partial charge in [-0.1, -0.05) is 19.3 Å². The number of carbonyl (C=O) groups is 1. The van der Waals surface area contributed by atoms with Crippen molar-refractivity contribution in [3.63, 3.8) is 0 Å². The van der Waals surface area contributed by atoms with E-state index >= 15 is 0 Å². The van der Waals surface area contributed by atoms with Crippen LogP contribution in [0, 0.1) is 11.8 Å². The first-order valence-corrected chi connectivity index (χ1v) is 6.77. The van der Waals surface area contributed by atoms with Crippen LogP contribution < -0.4 is 5.73 Å². The summed E-state index contributed by atoms with van der Waals surface area (Å²) in [6.07, 6.45) is 8.43. The normalized spacial score (nSPS) is 27.3. The molecule has 92 valence electrons.